The van der Waals surface area contributed by atoms with Gasteiger partial charge in [0, 0.05) is 12.6 Å². The van der Waals surface area contributed by atoms with Gasteiger partial charge in [-0.2, -0.15) is 18.3 Å². The van der Waals surface area contributed by atoms with Crippen molar-refractivity contribution in [1.29, 1.82) is 0 Å². The number of halogens is 3. The van der Waals surface area contributed by atoms with Crippen molar-refractivity contribution in [2.24, 2.45) is 0 Å². The van der Waals surface area contributed by atoms with E-state index in [0.717, 1.165) is 17.7 Å². The van der Waals surface area contributed by atoms with Crippen LogP contribution in [0.4, 0.5) is 13.2 Å². The number of carbonyl (C=O) groups is 1. The highest BCUT2D eigenvalue weighted by Gasteiger charge is 2.30. The van der Waals surface area contributed by atoms with Crippen molar-refractivity contribution in [3.05, 3.63) is 95.4 Å². The SMILES string of the molecule is Cc1cccc(-n2nc(-c3ccco3)cc2C(=O)NCc2cccc(C(F)(F)F)c2)c1. The van der Waals surface area contributed by atoms with Gasteiger partial charge in [-0.3, -0.25) is 4.79 Å². The molecule has 0 aliphatic carbocycles. The Morgan fingerprint density at radius 1 is 1.06 bits per heavy atom. The predicted octanol–water partition coefficient (Wildman–Crippen LogP) is 5.39. The molecule has 2 heterocycles. The number of amides is 1. The minimum Gasteiger partial charge on any atom is -0.463 e. The number of aryl methyl sites for hydroxylation is 1. The van der Waals surface area contributed by atoms with Crippen LogP contribution >= 0.6 is 0 Å². The van der Waals surface area contributed by atoms with E-state index in [1.165, 1.54) is 23.1 Å². The average Bonchev–Trinajstić information content (AvgIpc) is 3.41. The van der Waals surface area contributed by atoms with Crippen molar-refractivity contribution in [3.63, 3.8) is 0 Å². The Morgan fingerprint density at radius 3 is 2.58 bits per heavy atom. The van der Waals surface area contributed by atoms with E-state index in [9.17, 15) is 18.0 Å². The first kappa shape index (κ1) is 20.5. The van der Waals surface area contributed by atoms with Crippen LogP contribution in [-0.2, 0) is 12.7 Å². The molecule has 1 N–H and O–H groups in total. The first-order chi connectivity index (χ1) is 14.8. The number of rotatable bonds is 5. The number of alkyl halides is 3. The van der Waals surface area contributed by atoms with E-state index >= 15 is 0 Å². The predicted molar refractivity (Wildman–Crippen MR) is 109 cm³/mol. The zero-order chi connectivity index (χ0) is 22.0. The number of nitrogens with one attached hydrogen (secondary N) is 1. The van der Waals surface area contributed by atoms with Crippen LogP contribution < -0.4 is 5.32 Å². The van der Waals surface area contributed by atoms with Crippen molar-refractivity contribution in [1.82, 2.24) is 15.1 Å². The van der Waals surface area contributed by atoms with Gasteiger partial charge in [0.25, 0.3) is 5.91 Å². The smallest absolute Gasteiger partial charge is 0.416 e. The van der Waals surface area contributed by atoms with Crippen LogP contribution in [0.15, 0.2) is 77.4 Å². The molecule has 0 radical (unpaired) electrons. The molecule has 0 fully saturated rings. The molecule has 31 heavy (non-hydrogen) atoms. The third-order valence-electron chi connectivity index (χ3n) is 4.67. The lowest BCUT2D eigenvalue weighted by Gasteiger charge is -2.11. The molecule has 0 bridgehead atoms. The quantitative estimate of drug-likeness (QED) is 0.466. The van der Waals surface area contributed by atoms with Gasteiger partial charge in [-0.1, -0.05) is 24.3 Å². The van der Waals surface area contributed by atoms with Gasteiger partial charge in [0.1, 0.15) is 11.4 Å². The molecular weight excluding hydrogens is 407 g/mol. The molecule has 4 aromatic rings. The fourth-order valence-corrected chi connectivity index (χ4v) is 3.17. The number of aromatic nitrogens is 2. The van der Waals surface area contributed by atoms with Gasteiger partial charge in [0.05, 0.1) is 17.5 Å². The van der Waals surface area contributed by atoms with E-state index in [4.69, 9.17) is 4.42 Å². The molecule has 0 unspecified atom stereocenters. The summed E-state index contributed by atoms with van der Waals surface area (Å²) in [6.45, 7) is 1.87. The molecule has 4 rings (SSSR count). The Labute approximate surface area is 176 Å². The topological polar surface area (TPSA) is 60.1 Å². The van der Waals surface area contributed by atoms with E-state index in [2.05, 4.69) is 10.4 Å². The summed E-state index contributed by atoms with van der Waals surface area (Å²) in [6, 6.07) is 17.4. The lowest BCUT2D eigenvalue weighted by Crippen LogP contribution is -2.25. The summed E-state index contributed by atoms with van der Waals surface area (Å²) in [4.78, 5) is 12.9. The van der Waals surface area contributed by atoms with Crippen molar-refractivity contribution in [3.8, 4) is 17.1 Å². The molecule has 0 saturated carbocycles. The van der Waals surface area contributed by atoms with Crippen LogP contribution in [0.2, 0.25) is 0 Å². The number of hydrogen-bond donors (Lipinski definition) is 1. The number of carbonyl (C=O) groups excluding carboxylic acids is 1. The third-order valence-corrected chi connectivity index (χ3v) is 4.67. The lowest BCUT2D eigenvalue weighted by atomic mass is 10.1. The van der Waals surface area contributed by atoms with E-state index in [0.29, 0.717) is 22.7 Å². The minimum atomic E-state index is -4.44. The van der Waals surface area contributed by atoms with Gasteiger partial charge in [0.2, 0.25) is 0 Å². The highest BCUT2D eigenvalue weighted by molar-refractivity contribution is 5.94. The zero-order valence-corrected chi connectivity index (χ0v) is 16.5. The van der Waals surface area contributed by atoms with E-state index in [1.807, 2.05) is 31.2 Å². The molecule has 8 heteroatoms. The highest BCUT2D eigenvalue weighted by Crippen LogP contribution is 2.29. The van der Waals surface area contributed by atoms with Crippen LogP contribution in [0, 0.1) is 6.92 Å². The van der Waals surface area contributed by atoms with Crippen LogP contribution in [-0.4, -0.2) is 15.7 Å². The van der Waals surface area contributed by atoms with Crippen molar-refractivity contribution in [2.45, 2.75) is 19.6 Å². The Morgan fingerprint density at radius 2 is 1.87 bits per heavy atom. The summed E-state index contributed by atoms with van der Waals surface area (Å²) < 4.78 is 45.7. The van der Waals surface area contributed by atoms with Crippen LogP contribution in [0.1, 0.15) is 27.2 Å². The van der Waals surface area contributed by atoms with Crippen molar-refractivity contribution < 1.29 is 22.4 Å². The molecule has 158 valence electrons. The summed E-state index contributed by atoms with van der Waals surface area (Å²) in [5.74, 6) is 0.0301. The molecular formula is C23H18F3N3O2. The van der Waals surface area contributed by atoms with Crippen LogP contribution in [0.3, 0.4) is 0 Å². The first-order valence-electron chi connectivity index (χ1n) is 9.46. The van der Waals surface area contributed by atoms with Crippen molar-refractivity contribution >= 4 is 5.91 Å². The summed E-state index contributed by atoms with van der Waals surface area (Å²) >= 11 is 0. The maximum atomic E-state index is 12.9. The maximum Gasteiger partial charge on any atom is 0.416 e. The van der Waals surface area contributed by atoms with E-state index < -0.39 is 17.6 Å². The molecule has 0 aliphatic heterocycles. The fraction of sp³-hybridized carbons (Fsp3) is 0.130. The second kappa shape index (κ2) is 8.14. The first-order valence-corrected chi connectivity index (χ1v) is 9.46. The molecule has 0 atom stereocenters. The van der Waals surface area contributed by atoms with E-state index in [-0.39, 0.29) is 12.2 Å². The van der Waals surface area contributed by atoms with Gasteiger partial charge in [0.15, 0.2) is 5.76 Å². The third kappa shape index (κ3) is 4.53. The van der Waals surface area contributed by atoms with Gasteiger partial charge in [-0.15, -0.1) is 0 Å². The molecule has 0 aliphatic rings. The summed E-state index contributed by atoms with van der Waals surface area (Å²) in [5.41, 5.74) is 1.96. The highest BCUT2D eigenvalue weighted by atomic mass is 19.4. The molecule has 1 amide bonds. The molecule has 5 nitrogen and oxygen atoms in total. The summed E-state index contributed by atoms with van der Waals surface area (Å²) in [7, 11) is 0. The van der Waals surface area contributed by atoms with E-state index in [1.54, 1.807) is 18.2 Å². The molecule has 0 spiro atoms. The Hall–Kier alpha value is -3.81. The molecule has 0 saturated heterocycles. The largest absolute Gasteiger partial charge is 0.463 e. The molecule has 2 aromatic carbocycles. The van der Waals surface area contributed by atoms with Gasteiger partial charge in [-0.25, -0.2) is 4.68 Å². The minimum absolute atomic E-state index is 0.0577. The van der Waals surface area contributed by atoms with Crippen LogP contribution in [0.25, 0.3) is 17.1 Å². The number of nitrogens with zero attached hydrogens (tertiary/aromatic N) is 2. The monoisotopic (exact) mass is 425 g/mol. The second-order valence-corrected chi connectivity index (χ2v) is 7.02. The van der Waals surface area contributed by atoms with Crippen molar-refractivity contribution in [2.75, 3.05) is 0 Å². The Kier molecular flexibility index (Phi) is 5.37. The van der Waals surface area contributed by atoms with Gasteiger partial charge in [-0.05, 0) is 54.4 Å². The van der Waals surface area contributed by atoms with Crippen LogP contribution in [0.5, 0.6) is 0 Å². The zero-order valence-electron chi connectivity index (χ0n) is 16.5. The lowest BCUT2D eigenvalue weighted by molar-refractivity contribution is -0.137. The summed E-state index contributed by atoms with van der Waals surface area (Å²) in [5, 5.41) is 7.18. The maximum absolute atomic E-state index is 12.9. The number of hydrogen-bond acceptors (Lipinski definition) is 3. The normalized spacial score (nSPS) is 11.5. The molecule has 2 aromatic heterocycles. The summed E-state index contributed by atoms with van der Waals surface area (Å²) in [6.07, 6.45) is -2.93. The van der Waals surface area contributed by atoms with Gasteiger partial charge < -0.3 is 9.73 Å². The standard InChI is InChI=1S/C23H18F3N3O2/c1-15-5-2-8-18(11-15)29-20(13-19(28-29)21-9-4-10-31-21)22(30)27-14-16-6-3-7-17(12-16)23(24,25)26/h2-13H,14H2,1H3,(H,27,30). The fourth-order valence-electron chi connectivity index (χ4n) is 3.17. The van der Waals surface area contributed by atoms with Gasteiger partial charge >= 0.3 is 6.18 Å². The Bertz CT molecular complexity index is 1210. The average molecular weight is 425 g/mol. The second-order valence-electron chi connectivity index (χ2n) is 7.02. The number of benzene rings is 2. The Balaban J connectivity index is 1.63. The number of furan rings is 1.